The Morgan fingerprint density at radius 3 is 2.60 bits per heavy atom. The molecule has 3 rings (SSSR count). The van der Waals surface area contributed by atoms with E-state index in [9.17, 15) is 4.79 Å². The van der Waals surface area contributed by atoms with E-state index >= 15 is 0 Å². The van der Waals surface area contributed by atoms with Crippen LogP contribution in [0.3, 0.4) is 0 Å². The van der Waals surface area contributed by atoms with Gasteiger partial charge in [-0.3, -0.25) is 4.79 Å². The molecule has 3 heteroatoms. The molecule has 1 amide bonds. The zero-order valence-electron chi connectivity index (χ0n) is 11.4. The molecule has 0 radical (unpaired) electrons. The third-order valence-corrected chi connectivity index (χ3v) is 3.63. The van der Waals surface area contributed by atoms with Crippen LogP contribution in [0.4, 0.5) is 5.69 Å². The van der Waals surface area contributed by atoms with Gasteiger partial charge in [0.05, 0.1) is 6.42 Å². The number of rotatable bonds is 2. The zero-order chi connectivity index (χ0) is 13.8. The largest absolute Gasteiger partial charge is 0.383 e. The van der Waals surface area contributed by atoms with Crippen LogP contribution in [0.5, 0.6) is 0 Å². The van der Waals surface area contributed by atoms with E-state index in [1.807, 2.05) is 47.4 Å². The summed E-state index contributed by atoms with van der Waals surface area (Å²) in [6.45, 7) is 2.21. The fourth-order valence-electron chi connectivity index (χ4n) is 2.54. The van der Waals surface area contributed by atoms with Crippen LogP contribution >= 0.6 is 0 Å². The van der Waals surface area contributed by atoms with Crippen molar-refractivity contribution in [1.29, 1.82) is 0 Å². The lowest BCUT2D eigenvalue weighted by Crippen LogP contribution is -2.37. The van der Waals surface area contributed by atoms with Gasteiger partial charge in [-0.05, 0) is 17.2 Å². The van der Waals surface area contributed by atoms with Crippen LogP contribution < -0.4 is 5.32 Å². The van der Waals surface area contributed by atoms with Gasteiger partial charge >= 0.3 is 0 Å². The number of nitrogens with one attached hydrogen (secondary N) is 1. The third kappa shape index (κ3) is 2.82. The van der Waals surface area contributed by atoms with Crippen molar-refractivity contribution in [2.24, 2.45) is 0 Å². The van der Waals surface area contributed by atoms with Crippen molar-refractivity contribution in [3.05, 3.63) is 65.7 Å². The Kier molecular flexibility index (Phi) is 3.68. The minimum atomic E-state index is 0.197. The lowest BCUT2D eigenvalue weighted by Gasteiger charge is -2.26. The van der Waals surface area contributed by atoms with E-state index in [2.05, 4.69) is 17.4 Å². The Morgan fingerprint density at radius 2 is 1.75 bits per heavy atom. The lowest BCUT2D eigenvalue weighted by molar-refractivity contribution is -0.131. The smallest absolute Gasteiger partial charge is 0.227 e. The first-order chi connectivity index (χ1) is 9.83. The zero-order valence-corrected chi connectivity index (χ0v) is 11.4. The minimum Gasteiger partial charge on any atom is -0.383 e. The van der Waals surface area contributed by atoms with Gasteiger partial charge in [0, 0.05) is 25.3 Å². The number of carbonyl (C=O) groups excluding carboxylic acids is 1. The minimum absolute atomic E-state index is 0.197. The molecule has 0 saturated heterocycles. The molecule has 20 heavy (non-hydrogen) atoms. The Labute approximate surface area is 119 Å². The van der Waals surface area contributed by atoms with Crippen molar-refractivity contribution in [1.82, 2.24) is 4.90 Å². The molecule has 0 fully saturated rings. The SMILES string of the molecule is O=C1Cc2ccccc2NCCN1Cc1ccccc1. The van der Waals surface area contributed by atoms with Crippen LogP contribution in [-0.2, 0) is 17.8 Å². The number of hydrogen-bond acceptors (Lipinski definition) is 2. The number of benzene rings is 2. The summed E-state index contributed by atoms with van der Waals surface area (Å²) in [4.78, 5) is 14.4. The quantitative estimate of drug-likeness (QED) is 0.906. The number of carbonyl (C=O) groups is 1. The standard InChI is InChI=1S/C17H18N2O/c20-17-12-15-8-4-5-9-16(15)18-10-11-19(17)13-14-6-2-1-3-7-14/h1-9,18H,10-13H2. The second-order valence-corrected chi connectivity index (χ2v) is 5.06. The topological polar surface area (TPSA) is 32.3 Å². The molecule has 102 valence electrons. The summed E-state index contributed by atoms with van der Waals surface area (Å²) in [7, 11) is 0. The fraction of sp³-hybridized carbons (Fsp3) is 0.235. The van der Waals surface area contributed by atoms with Crippen LogP contribution in [-0.4, -0.2) is 23.9 Å². The summed E-state index contributed by atoms with van der Waals surface area (Å²) in [6.07, 6.45) is 0.468. The van der Waals surface area contributed by atoms with Crippen molar-refractivity contribution < 1.29 is 4.79 Å². The maximum Gasteiger partial charge on any atom is 0.227 e. The molecule has 2 aromatic carbocycles. The van der Waals surface area contributed by atoms with E-state index in [4.69, 9.17) is 0 Å². The average Bonchev–Trinajstić information content (AvgIpc) is 2.47. The molecule has 0 bridgehead atoms. The van der Waals surface area contributed by atoms with E-state index in [-0.39, 0.29) is 5.91 Å². The first kappa shape index (κ1) is 12.7. The maximum absolute atomic E-state index is 12.4. The average molecular weight is 266 g/mol. The summed E-state index contributed by atoms with van der Waals surface area (Å²) in [5.74, 6) is 0.197. The molecule has 1 N–H and O–H groups in total. The summed E-state index contributed by atoms with van der Waals surface area (Å²) in [5, 5.41) is 3.41. The Balaban J connectivity index is 1.77. The van der Waals surface area contributed by atoms with Gasteiger partial charge in [-0.2, -0.15) is 0 Å². The maximum atomic E-state index is 12.4. The Hall–Kier alpha value is -2.29. The molecule has 0 aliphatic carbocycles. The Morgan fingerprint density at radius 1 is 1.00 bits per heavy atom. The third-order valence-electron chi connectivity index (χ3n) is 3.63. The predicted octanol–water partition coefficient (Wildman–Crippen LogP) is 2.68. The van der Waals surface area contributed by atoms with Gasteiger partial charge in [0.25, 0.3) is 0 Å². The number of para-hydroxylation sites is 1. The molecule has 0 unspecified atom stereocenters. The van der Waals surface area contributed by atoms with Gasteiger partial charge in [-0.25, -0.2) is 0 Å². The van der Waals surface area contributed by atoms with Crippen LogP contribution in [0.15, 0.2) is 54.6 Å². The molecule has 0 atom stereocenters. The molecule has 1 aliphatic rings. The summed E-state index contributed by atoms with van der Waals surface area (Å²) in [6, 6.07) is 18.2. The van der Waals surface area contributed by atoms with Crippen LogP contribution in [0.25, 0.3) is 0 Å². The highest BCUT2D eigenvalue weighted by atomic mass is 16.2. The molecule has 0 aromatic heterocycles. The molecule has 1 heterocycles. The first-order valence-electron chi connectivity index (χ1n) is 6.96. The van der Waals surface area contributed by atoms with E-state index in [1.54, 1.807) is 0 Å². The molecule has 0 spiro atoms. The van der Waals surface area contributed by atoms with E-state index in [1.165, 1.54) is 5.56 Å². The second-order valence-electron chi connectivity index (χ2n) is 5.06. The number of anilines is 1. The second kappa shape index (κ2) is 5.78. The Bertz CT molecular complexity index is 595. The van der Waals surface area contributed by atoms with Gasteiger partial charge < -0.3 is 10.2 Å². The highest BCUT2D eigenvalue weighted by Gasteiger charge is 2.18. The molecule has 1 aliphatic heterocycles. The summed E-state index contributed by atoms with van der Waals surface area (Å²) in [5.41, 5.74) is 3.34. The summed E-state index contributed by atoms with van der Waals surface area (Å²) >= 11 is 0. The van der Waals surface area contributed by atoms with E-state index in [0.717, 1.165) is 24.3 Å². The fourth-order valence-corrected chi connectivity index (χ4v) is 2.54. The highest BCUT2D eigenvalue weighted by Crippen LogP contribution is 2.19. The predicted molar refractivity (Wildman–Crippen MR) is 80.5 cm³/mol. The van der Waals surface area contributed by atoms with Gasteiger partial charge in [0.15, 0.2) is 0 Å². The van der Waals surface area contributed by atoms with Crippen molar-refractivity contribution in [3.8, 4) is 0 Å². The first-order valence-corrected chi connectivity index (χ1v) is 6.96. The molecular formula is C17H18N2O. The van der Waals surface area contributed by atoms with Crippen LogP contribution in [0, 0.1) is 0 Å². The van der Waals surface area contributed by atoms with Gasteiger partial charge in [0.2, 0.25) is 5.91 Å². The normalized spacial score (nSPS) is 15.0. The molecule has 2 aromatic rings. The highest BCUT2D eigenvalue weighted by molar-refractivity contribution is 5.81. The van der Waals surface area contributed by atoms with Crippen molar-refractivity contribution in [2.75, 3.05) is 18.4 Å². The van der Waals surface area contributed by atoms with E-state index < -0.39 is 0 Å². The van der Waals surface area contributed by atoms with Crippen molar-refractivity contribution >= 4 is 11.6 Å². The van der Waals surface area contributed by atoms with Crippen LogP contribution in [0.1, 0.15) is 11.1 Å². The lowest BCUT2D eigenvalue weighted by atomic mass is 10.1. The van der Waals surface area contributed by atoms with E-state index in [0.29, 0.717) is 13.0 Å². The van der Waals surface area contributed by atoms with Gasteiger partial charge in [0.1, 0.15) is 0 Å². The number of fused-ring (bicyclic) bond motifs is 1. The monoisotopic (exact) mass is 266 g/mol. The number of hydrogen-bond donors (Lipinski definition) is 1. The summed E-state index contributed by atoms with van der Waals surface area (Å²) < 4.78 is 0. The molecule has 3 nitrogen and oxygen atoms in total. The van der Waals surface area contributed by atoms with Gasteiger partial charge in [-0.15, -0.1) is 0 Å². The van der Waals surface area contributed by atoms with Crippen molar-refractivity contribution in [2.45, 2.75) is 13.0 Å². The number of nitrogens with zero attached hydrogens (tertiary/aromatic N) is 1. The van der Waals surface area contributed by atoms with Gasteiger partial charge in [-0.1, -0.05) is 48.5 Å². The van der Waals surface area contributed by atoms with Crippen LogP contribution in [0.2, 0.25) is 0 Å². The molecular weight excluding hydrogens is 248 g/mol. The molecule has 0 saturated carbocycles. The van der Waals surface area contributed by atoms with Crippen molar-refractivity contribution in [3.63, 3.8) is 0 Å². The number of amides is 1.